The van der Waals surface area contributed by atoms with Gasteiger partial charge in [0.2, 0.25) is 5.88 Å². The van der Waals surface area contributed by atoms with E-state index in [4.69, 9.17) is 4.74 Å². The molecule has 5 nitrogen and oxygen atoms in total. The van der Waals surface area contributed by atoms with Crippen LogP contribution >= 0.6 is 0 Å². The van der Waals surface area contributed by atoms with Gasteiger partial charge in [-0.1, -0.05) is 42.5 Å². The van der Waals surface area contributed by atoms with Crippen LogP contribution in [0.25, 0.3) is 5.65 Å². The van der Waals surface area contributed by atoms with Crippen molar-refractivity contribution in [3.05, 3.63) is 111 Å². The van der Waals surface area contributed by atoms with Gasteiger partial charge in [0.25, 0.3) is 5.56 Å². The van der Waals surface area contributed by atoms with E-state index in [9.17, 15) is 22.8 Å². The molecule has 0 aliphatic rings. The molecule has 0 unspecified atom stereocenters. The summed E-state index contributed by atoms with van der Waals surface area (Å²) in [5.41, 5.74) is 1.06. The lowest BCUT2D eigenvalue weighted by molar-refractivity contribution is -0.137. The van der Waals surface area contributed by atoms with Gasteiger partial charge >= 0.3 is 6.18 Å². The Kier molecular flexibility index (Phi) is 5.52. The number of hydrogen-bond donors (Lipinski definition) is 0. The summed E-state index contributed by atoms with van der Waals surface area (Å²) in [6, 6.07) is 15.8. The van der Waals surface area contributed by atoms with Gasteiger partial charge in [-0.05, 0) is 36.8 Å². The average Bonchev–Trinajstić information content (AvgIpc) is 2.80. The summed E-state index contributed by atoms with van der Waals surface area (Å²) in [6.45, 7) is 1.76. The lowest BCUT2D eigenvalue weighted by atomic mass is 10.0. The second kappa shape index (κ2) is 8.30. The molecule has 0 amide bonds. The number of pyridine rings is 1. The van der Waals surface area contributed by atoms with Crippen molar-refractivity contribution in [2.75, 3.05) is 0 Å². The highest BCUT2D eigenvalue weighted by Gasteiger charge is 2.30. The van der Waals surface area contributed by atoms with Gasteiger partial charge in [0, 0.05) is 17.3 Å². The first-order valence-corrected chi connectivity index (χ1v) is 9.66. The fourth-order valence-corrected chi connectivity index (χ4v) is 3.18. The van der Waals surface area contributed by atoms with Crippen LogP contribution in [0.15, 0.2) is 77.7 Å². The van der Waals surface area contributed by atoms with Crippen LogP contribution in [0.2, 0.25) is 0 Å². The third-order valence-corrected chi connectivity index (χ3v) is 4.98. The molecule has 0 bridgehead atoms. The van der Waals surface area contributed by atoms with Gasteiger partial charge < -0.3 is 4.74 Å². The number of fused-ring (bicyclic) bond motifs is 1. The number of halogens is 3. The SMILES string of the molecule is Cc1c(OCc2ccc(C(=O)c3ccc(C(F)(F)F)cc3)cc2)nc2ccccn2c1=O. The van der Waals surface area contributed by atoms with Gasteiger partial charge in [-0.3, -0.25) is 14.0 Å². The normalized spacial score (nSPS) is 11.5. The molecular weight excluding hydrogens is 421 g/mol. The molecule has 0 saturated heterocycles. The summed E-state index contributed by atoms with van der Waals surface area (Å²) < 4.78 is 45.2. The number of ketones is 1. The zero-order valence-corrected chi connectivity index (χ0v) is 16.9. The minimum absolute atomic E-state index is 0.130. The van der Waals surface area contributed by atoms with E-state index in [0.717, 1.165) is 29.8 Å². The maximum Gasteiger partial charge on any atom is 0.416 e. The standard InChI is InChI=1S/C24H17F3N2O3/c1-15-22(28-20-4-2-3-13-29(20)23(15)31)32-14-16-5-7-17(8-6-16)21(30)18-9-11-19(12-10-18)24(25,26)27/h2-13H,14H2,1H3. The second-order valence-electron chi connectivity index (χ2n) is 7.17. The van der Waals surface area contributed by atoms with E-state index in [2.05, 4.69) is 4.98 Å². The Morgan fingerprint density at radius 3 is 2.22 bits per heavy atom. The maximum absolute atomic E-state index is 12.7. The smallest absolute Gasteiger partial charge is 0.416 e. The Balaban J connectivity index is 1.48. The first-order chi connectivity index (χ1) is 15.2. The van der Waals surface area contributed by atoms with Gasteiger partial charge in [0.05, 0.1) is 11.1 Å². The summed E-state index contributed by atoms with van der Waals surface area (Å²) >= 11 is 0. The molecule has 8 heteroatoms. The van der Waals surface area contributed by atoms with Gasteiger partial charge in [0.1, 0.15) is 12.3 Å². The van der Waals surface area contributed by atoms with Gasteiger partial charge in [-0.25, -0.2) is 0 Å². The summed E-state index contributed by atoms with van der Waals surface area (Å²) in [5.74, 6) is -0.155. The Bertz CT molecular complexity index is 1340. The van der Waals surface area contributed by atoms with Crippen molar-refractivity contribution in [3.63, 3.8) is 0 Å². The number of hydrogen-bond acceptors (Lipinski definition) is 4. The molecule has 2 aromatic heterocycles. The van der Waals surface area contributed by atoms with Gasteiger partial charge in [-0.15, -0.1) is 0 Å². The molecule has 0 aliphatic carbocycles. The molecule has 4 rings (SSSR count). The maximum atomic E-state index is 12.7. The zero-order chi connectivity index (χ0) is 22.9. The molecule has 0 radical (unpaired) electrons. The van der Waals surface area contributed by atoms with Crippen molar-refractivity contribution in [2.45, 2.75) is 19.7 Å². The number of aromatic nitrogens is 2. The lowest BCUT2D eigenvalue weighted by Crippen LogP contribution is -2.19. The number of nitrogens with zero attached hydrogens (tertiary/aromatic N) is 2. The van der Waals surface area contributed by atoms with E-state index in [1.165, 1.54) is 4.40 Å². The molecular formula is C24H17F3N2O3. The Morgan fingerprint density at radius 2 is 1.59 bits per heavy atom. The summed E-state index contributed by atoms with van der Waals surface area (Å²) in [5, 5.41) is 0. The summed E-state index contributed by atoms with van der Waals surface area (Å²) in [6.07, 6.45) is -2.82. The van der Waals surface area contributed by atoms with Crippen LogP contribution in [0.3, 0.4) is 0 Å². The van der Waals surface area contributed by atoms with Crippen LogP contribution in [0.4, 0.5) is 13.2 Å². The van der Waals surface area contributed by atoms with Crippen LogP contribution in [0.1, 0.15) is 32.6 Å². The van der Waals surface area contributed by atoms with E-state index < -0.39 is 11.7 Å². The molecule has 2 aromatic carbocycles. The minimum atomic E-state index is -4.45. The fraction of sp³-hybridized carbons (Fsp3) is 0.125. The molecule has 4 aromatic rings. The highest BCUT2D eigenvalue weighted by Crippen LogP contribution is 2.29. The quantitative estimate of drug-likeness (QED) is 0.419. The third kappa shape index (κ3) is 4.25. The van der Waals surface area contributed by atoms with E-state index in [1.54, 1.807) is 55.6 Å². The molecule has 0 aliphatic heterocycles. The Morgan fingerprint density at radius 1 is 0.969 bits per heavy atom. The van der Waals surface area contributed by atoms with E-state index in [0.29, 0.717) is 16.8 Å². The number of rotatable bonds is 5. The highest BCUT2D eigenvalue weighted by atomic mass is 19.4. The topological polar surface area (TPSA) is 60.7 Å². The van der Waals surface area contributed by atoms with Crippen molar-refractivity contribution >= 4 is 11.4 Å². The Hall–Kier alpha value is -3.94. The predicted octanol–water partition coefficient (Wildman–Crippen LogP) is 4.83. The van der Waals surface area contributed by atoms with Gasteiger partial charge in [0.15, 0.2) is 5.78 Å². The average molecular weight is 438 g/mol. The Labute approximate surface area is 180 Å². The lowest BCUT2D eigenvalue weighted by Gasteiger charge is -2.10. The molecule has 0 atom stereocenters. The number of benzene rings is 2. The predicted molar refractivity (Wildman–Crippen MR) is 112 cm³/mol. The molecule has 0 saturated carbocycles. The molecule has 2 heterocycles. The number of ether oxygens (including phenoxy) is 1. The van der Waals surface area contributed by atoms with Crippen LogP contribution in [0, 0.1) is 6.92 Å². The van der Waals surface area contributed by atoms with Crippen LogP contribution in [-0.4, -0.2) is 15.2 Å². The van der Waals surface area contributed by atoms with Crippen molar-refractivity contribution in [3.8, 4) is 5.88 Å². The van der Waals surface area contributed by atoms with E-state index >= 15 is 0 Å². The van der Waals surface area contributed by atoms with E-state index in [1.807, 2.05) is 0 Å². The zero-order valence-electron chi connectivity index (χ0n) is 16.9. The van der Waals surface area contributed by atoms with Crippen molar-refractivity contribution in [2.24, 2.45) is 0 Å². The number of carbonyl (C=O) groups is 1. The van der Waals surface area contributed by atoms with Crippen molar-refractivity contribution < 1.29 is 22.7 Å². The largest absolute Gasteiger partial charge is 0.472 e. The van der Waals surface area contributed by atoms with Crippen LogP contribution in [-0.2, 0) is 12.8 Å². The van der Waals surface area contributed by atoms with Crippen molar-refractivity contribution in [1.82, 2.24) is 9.38 Å². The van der Waals surface area contributed by atoms with E-state index in [-0.39, 0.29) is 29.4 Å². The third-order valence-electron chi connectivity index (χ3n) is 4.98. The van der Waals surface area contributed by atoms with Crippen LogP contribution in [0.5, 0.6) is 5.88 Å². The molecule has 0 fully saturated rings. The number of alkyl halides is 3. The second-order valence-corrected chi connectivity index (χ2v) is 7.17. The first-order valence-electron chi connectivity index (χ1n) is 9.66. The van der Waals surface area contributed by atoms with Gasteiger partial charge in [-0.2, -0.15) is 18.2 Å². The van der Waals surface area contributed by atoms with Crippen LogP contribution < -0.4 is 10.3 Å². The highest BCUT2D eigenvalue weighted by molar-refractivity contribution is 6.09. The molecule has 162 valence electrons. The molecule has 32 heavy (non-hydrogen) atoms. The summed E-state index contributed by atoms with van der Waals surface area (Å²) in [7, 11) is 0. The monoisotopic (exact) mass is 438 g/mol. The molecule has 0 N–H and O–H groups in total. The summed E-state index contributed by atoms with van der Waals surface area (Å²) in [4.78, 5) is 29.3. The fourth-order valence-electron chi connectivity index (χ4n) is 3.18. The number of carbonyl (C=O) groups excluding carboxylic acids is 1. The van der Waals surface area contributed by atoms with Crippen molar-refractivity contribution in [1.29, 1.82) is 0 Å². The minimum Gasteiger partial charge on any atom is -0.472 e. The molecule has 0 spiro atoms. The first kappa shape index (κ1) is 21.3.